The molecule has 1 rings (SSSR count). The van der Waals surface area contributed by atoms with Gasteiger partial charge >= 0.3 is 0 Å². The molecule has 1 aliphatic heterocycles. The lowest BCUT2D eigenvalue weighted by atomic mass is 10.0. The van der Waals surface area contributed by atoms with E-state index in [0.29, 0.717) is 0 Å². The number of amides is 1. The molecule has 1 fully saturated rings. The van der Waals surface area contributed by atoms with Crippen molar-refractivity contribution in [2.45, 2.75) is 39.2 Å². The summed E-state index contributed by atoms with van der Waals surface area (Å²) in [4.78, 5) is 13.9. The molecule has 14 heavy (non-hydrogen) atoms. The predicted octanol–water partition coefficient (Wildman–Crippen LogP) is 1.24. The van der Waals surface area contributed by atoms with Crippen LogP contribution >= 0.6 is 0 Å². The van der Waals surface area contributed by atoms with Crippen LogP contribution in [0.25, 0.3) is 0 Å². The molecule has 0 aliphatic carbocycles. The Hall–Kier alpha value is -0.570. The predicted molar refractivity (Wildman–Crippen MR) is 58.1 cm³/mol. The Kier molecular flexibility index (Phi) is 4.39. The quantitative estimate of drug-likeness (QED) is 0.724. The van der Waals surface area contributed by atoms with Crippen molar-refractivity contribution in [3.63, 3.8) is 0 Å². The minimum absolute atomic E-state index is 0.0385. The molecule has 1 amide bonds. The van der Waals surface area contributed by atoms with E-state index in [4.69, 9.17) is 0 Å². The van der Waals surface area contributed by atoms with Gasteiger partial charge in [-0.05, 0) is 39.2 Å². The van der Waals surface area contributed by atoms with Crippen molar-refractivity contribution < 1.29 is 4.79 Å². The summed E-state index contributed by atoms with van der Waals surface area (Å²) in [6, 6.07) is -0.0385. The summed E-state index contributed by atoms with van der Waals surface area (Å²) in [5.74, 6) is 1.03. The summed E-state index contributed by atoms with van der Waals surface area (Å²) in [5, 5.41) is 3.00. The first-order chi connectivity index (χ1) is 6.65. The van der Waals surface area contributed by atoms with Gasteiger partial charge in [-0.15, -0.1) is 0 Å². The van der Waals surface area contributed by atoms with Gasteiger partial charge in [0, 0.05) is 13.1 Å². The molecule has 1 N–H and O–H groups in total. The van der Waals surface area contributed by atoms with E-state index < -0.39 is 0 Å². The number of carbonyl (C=O) groups excluding carboxylic acids is 1. The molecular formula is C11H22N2O. The highest BCUT2D eigenvalue weighted by Crippen LogP contribution is 2.16. The number of carbonyl (C=O) groups is 1. The average Bonchev–Trinajstić information content (AvgIpc) is 2.40. The molecule has 2 unspecified atom stereocenters. The minimum atomic E-state index is -0.0385. The molecule has 2 atom stereocenters. The summed E-state index contributed by atoms with van der Waals surface area (Å²) in [6.45, 7) is 6.08. The van der Waals surface area contributed by atoms with E-state index in [9.17, 15) is 4.79 Å². The van der Waals surface area contributed by atoms with Crippen molar-refractivity contribution in [2.24, 2.45) is 5.92 Å². The maximum atomic E-state index is 11.9. The van der Waals surface area contributed by atoms with E-state index in [-0.39, 0.29) is 11.9 Å². The Bertz CT molecular complexity index is 194. The van der Waals surface area contributed by atoms with Gasteiger partial charge in [-0.2, -0.15) is 0 Å². The number of likely N-dealkylation sites (N-methyl/N-ethyl adjacent to an activating group) is 1. The molecule has 0 saturated carbocycles. The zero-order valence-corrected chi connectivity index (χ0v) is 9.55. The van der Waals surface area contributed by atoms with Crippen LogP contribution in [0.5, 0.6) is 0 Å². The summed E-state index contributed by atoms with van der Waals surface area (Å²) < 4.78 is 0. The molecule has 1 heterocycles. The molecule has 0 bridgehead atoms. The van der Waals surface area contributed by atoms with Gasteiger partial charge < -0.3 is 10.2 Å². The lowest BCUT2D eigenvalue weighted by Gasteiger charge is -2.23. The molecule has 0 radical (unpaired) electrons. The molecule has 0 aromatic heterocycles. The monoisotopic (exact) mass is 198 g/mol. The summed E-state index contributed by atoms with van der Waals surface area (Å²) in [5.41, 5.74) is 0. The van der Waals surface area contributed by atoms with Crippen LogP contribution in [0.3, 0.4) is 0 Å². The van der Waals surface area contributed by atoms with Gasteiger partial charge in [0.25, 0.3) is 0 Å². The Morgan fingerprint density at radius 2 is 2.14 bits per heavy atom. The zero-order chi connectivity index (χ0) is 10.6. The first-order valence-electron chi connectivity index (χ1n) is 5.61. The summed E-state index contributed by atoms with van der Waals surface area (Å²) in [7, 11) is 1.84. The molecular weight excluding hydrogens is 176 g/mol. The Morgan fingerprint density at radius 1 is 1.43 bits per heavy atom. The van der Waals surface area contributed by atoms with Gasteiger partial charge in [-0.3, -0.25) is 4.79 Å². The van der Waals surface area contributed by atoms with Crippen molar-refractivity contribution in [1.82, 2.24) is 10.2 Å². The fourth-order valence-corrected chi connectivity index (χ4v) is 1.88. The van der Waals surface area contributed by atoms with E-state index in [0.717, 1.165) is 31.8 Å². The van der Waals surface area contributed by atoms with Gasteiger partial charge in [0.15, 0.2) is 0 Å². The molecule has 0 aromatic carbocycles. The fourth-order valence-electron chi connectivity index (χ4n) is 1.88. The van der Waals surface area contributed by atoms with E-state index in [1.54, 1.807) is 0 Å². The minimum Gasteiger partial charge on any atom is -0.341 e. The first kappa shape index (κ1) is 11.5. The highest BCUT2D eigenvalue weighted by Gasteiger charge is 2.21. The number of hydrogen-bond donors (Lipinski definition) is 1. The zero-order valence-electron chi connectivity index (χ0n) is 9.55. The van der Waals surface area contributed by atoms with Crippen LogP contribution in [0, 0.1) is 5.92 Å². The molecule has 0 aromatic rings. The maximum Gasteiger partial charge on any atom is 0.239 e. The lowest BCUT2D eigenvalue weighted by Crippen LogP contribution is -2.44. The number of hydrogen-bond acceptors (Lipinski definition) is 2. The second kappa shape index (κ2) is 5.35. The molecule has 3 nitrogen and oxygen atoms in total. The number of nitrogens with zero attached hydrogens (tertiary/aromatic N) is 1. The van der Waals surface area contributed by atoms with Gasteiger partial charge in [-0.1, -0.05) is 6.92 Å². The van der Waals surface area contributed by atoms with Crippen LogP contribution in [0.2, 0.25) is 0 Å². The third kappa shape index (κ3) is 2.98. The molecule has 1 aliphatic rings. The molecule has 3 heteroatoms. The number of rotatable bonds is 2. The van der Waals surface area contributed by atoms with E-state index in [1.807, 2.05) is 18.9 Å². The van der Waals surface area contributed by atoms with Gasteiger partial charge in [0.1, 0.15) is 0 Å². The van der Waals surface area contributed by atoms with Crippen molar-refractivity contribution in [3.8, 4) is 0 Å². The third-order valence-electron chi connectivity index (χ3n) is 3.13. The van der Waals surface area contributed by atoms with Crippen LogP contribution < -0.4 is 5.32 Å². The topological polar surface area (TPSA) is 32.3 Å². The average molecular weight is 198 g/mol. The van der Waals surface area contributed by atoms with E-state index in [1.165, 1.54) is 6.42 Å². The van der Waals surface area contributed by atoms with Crippen molar-refractivity contribution in [1.29, 1.82) is 0 Å². The van der Waals surface area contributed by atoms with E-state index >= 15 is 0 Å². The van der Waals surface area contributed by atoms with Crippen molar-refractivity contribution in [2.75, 3.05) is 20.1 Å². The highest BCUT2D eigenvalue weighted by molar-refractivity contribution is 5.81. The number of nitrogens with one attached hydrogen (secondary N) is 1. The Labute approximate surface area is 86.9 Å². The van der Waals surface area contributed by atoms with Crippen LogP contribution in [-0.4, -0.2) is 37.0 Å². The standard InChI is InChI=1S/C11H22N2O/c1-9-5-4-7-13(8-6-9)11(14)10(2)12-3/h9-10,12H,4-8H2,1-3H3. The second-order valence-electron chi connectivity index (χ2n) is 4.37. The Morgan fingerprint density at radius 3 is 2.79 bits per heavy atom. The fraction of sp³-hybridized carbons (Fsp3) is 0.909. The highest BCUT2D eigenvalue weighted by atomic mass is 16.2. The summed E-state index contributed by atoms with van der Waals surface area (Å²) in [6.07, 6.45) is 3.57. The lowest BCUT2D eigenvalue weighted by molar-refractivity contribution is -0.132. The van der Waals surface area contributed by atoms with Gasteiger partial charge in [0.2, 0.25) is 5.91 Å². The van der Waals surface area contributed by atoms with Crippen LogP contribution in [0.15, 0.2) is 0 Å². The maximum absolute atomic E-state index is 11.9. The van der Waals surface area contributed by atoms with E-state index in [2.05, 4.69) is 12.2 Å². The van der Waals surface area contributed by atoms with Crippen LogP contribution in [-0.2, 0) is 4.79 Å². The van der Waals surface area contributed by atoms with Crippen molar-refractivity contribution >= 4 is 5.91 Å². The first-order valence-corrected chi connectivity index (χ1v) is 5.61. The SMILES string of the molecule is CNC(C)C(=O)N1CCCC(C)CC1. The summed E-state index contributed by atoms with van der Waals surface area (Å²) >= 11 is 0. The smallest absolute Gasteiger partial charge is 0.239 e. The third-order valence-corrected chi connectivity index (χ3v) is 3.13. The van der Waals surface area contributed by atoms with Crippen LogP contribution in [0.4, 0.5) is 0 Å². The molecule has 1 saturated heterocycles. The molecule has 82 valence electrons. The second-order valence-corrected chi connectivity index (χ2v) is 4.37. The van der Waals surface area contributed by atoms with Gasteiger partial charge in [-0.25, -0.2) is 0 Å². The van der Waals surface area contributed by atoms with Crippen LogP contribution in [0.1, 0.15) is 33.1 Å². The van der Waals surface area contributed by atoms with Crippen molar-refractivity contribution in [3.05, 3.63) is 0 Å². The largest absolute Gasteiger partial charge is 0.341 e. The molecule has 0 spiro atoms. The normalized spacial score (nSPS) is 25.6. The number of likely N-dealkylation sites (tertiary alicyclic amines) is 1. The van der Waals surface area contributed by atoms with Gasteiger partial charge in [0.05, 0.1) is 6.04 Å². The Balaban J connectivity index is 2.47.